The summed E-state index contributed by atoms with van der Waals surface area (Å²) in [5, 5.41) is 2.89. The Balaban J connectivity index is 1.12. The van der Waals surface area contributed by atoms with E-state index >= 15 is 0 Å². The van der Waals surface area contributed by atoms with Crippen molar-refractivity contribution in [3.63, 3.8) is 0 Å². The Morgan fingerprint density at radius 2 is 1.67 bits per heavy atom. The van der Waals surface area contributed by atoms with Gasteiger partial charge in [0, 0.05) is 92.4 Å². The summed E-state index contributed by atoms with van der Waals surface area (Å²) < 4.78 is 0. The average Bonchev–Trinajstić information content (AvgIpc) is 3.56. The number of benzene rings is 2. The lowest BCUT2D eigenvalue weighted by Crippen LogP contribution is -2.43. The van der Waals surface area contributed by atoms with Gasteiger partial charge < -0.3 is 4.90 Å². The number of likely N-dealkylation sites (N-methyl/N-ethyl adjacent to an activating group) is 1. The zero-order chi connectivity index (χ0) is 28.9. The maximum Gasteiger partial charge on any atom is 0.167 e. The molecule has 0 radical (unpaired) electrons. The molecule has 0 atom stereocenters. The molecule has 7 nitrogen and oxygen atoms in total. The Bertz CT molecular complexity index is 1660. The van der Waals surface area contributed by atoms with Gasteiger partial charge in [0.05, 0.1) is 5.69 Å². The fourth-order valence-corrected chi connectivity index (χ4v) is 5.87. The van der Waals surface area contributed by atoms with Crippen LogP contribution in [0.3, 0.4) is 0 Å². The average molecular weight is 575 g/mol. The van der Waals surface area contributed by atoms with Crippen LogP contribution in [0.2, 0.25) is 0 Å². The van der Waals surface area contributed by atoms with Gasteiger partial charge in [0.15, 0.2) is 5.78 Å². The maximum atomic E-state index is 13.2. The van der Waals surface area contributed by atoms with Crippen molar-refractivity contribution in [1.29, 1.82) is 0 Å². The zero-order valence-electron chi connectivity index (χ0n) is 24.0. The molecule has 8 heteroatoms. The molecule has 1 fully saturated rings. The van der Waals surface area contributed by atoms with Crippen LogP contribution in [0.25, 0.3) is 21.8 Å². The molecular formula is C34H34N6OS. The molecule has 42 heavy (non-hydrogen) atoms. The summed E-state index contributed by atoms with van der Waals surface area (Å²) in [6.07, 6.45) is 8.18. The van der Waals surface area contributed by atoms with Crippen molar-refractivity contribution in [3.8, 4) is 21.8 Å². The fraction of sp³-hybridized carbons (Fsp3) is 0.265. The number of aromatic nitrogens is 4. The molecule has 1 saturated heterocycles. The summed E-state index contributed by atoms with van der Waals surface area (Å²) in [6.45, 7) is 7.39. The second-order valence-electron chi connectivity index (χ2n) is 11.0. The highest BCUT2D eigenvalue weighted by Gasteiger charge is 2.15. The molecular weight excluding hydrogens is 540 g/mol. The number of hydrogen-bond donors (Lipinski definition) is 0. The third-order valence-electron chi connectivity index (χ3n) is 7.82. The van der Waals surface area contributed by atoms with E-state index in [2.05, 4.69) is 69.1 Å². The molecule has 0 amide bonds. The molecule has 4 heterocycles. The number of aryl methyl sites for hydroxylation is 1. The zero-order valence-corrected chi connectivity index (χ0v) is 24.8. The predicted octanol–water partition coefficient (Wildman–Crippen LogP) is 5.73. The molecule has 3 aromatic heterocycles. The Morgan fingerprint density at radius 3 is 2.45 bits per heavy atom. The van der Waals surface area contributed by atoms with Crippen LogP contribution in [0, 0.1) is 6.92 Å². The molecule has 0 bridgehead atoms. The fourth-order valence-electron chi connectivity index (χ4n) is 5.25. The number of thiazole rings is 1. The van der Waals surface area contributed by atoms with Gasteiger partial charge in [0.25, 0.3) is 0 Å². The maximum absolute atomic E-state index is 13.2. The number of piperazine rings is 1. The first-order valence-electron chi connectivity index (χ1n) is 14.3. The molecule has 212 valence electrons. The standard InChI is InChI=1S/C34H34N6OS/c1-24-3-4-26(18-32(41)27-7-5-25(6-8-27)23-40-14-12-39(2)13-15-40)17-28(24)20-33-36-10-9-31(38-33)29-19-30(22-35-21-29)34-37-11-16-42-34/h3-11,16-17,19,21-22H,12-15,18,20,23H2,1-2H3. The highest BCUT2D eigenvalue weighted by molar-refractivity contribution is 7.13. The van der Waals surface area contributed by atoms with Crippen LogP contribution < -0.4 is 0 Å². The van der Waals surface area contributed by atoms with Gasteiger partial charge in [0.1, 0.15) is 10.8 Å². The van der Waals surface area contributed by atoms with Gasteiger partial charge in [0.2, 0.25) is 0 Å². The molecule has 0 N–H and O–H groups in total. The van der Waals surface area contributed by atoms with Crippen molar-refractivity contribution >= 4 is 17.1 Å². The van der Waals surface area contributed by atoms with E-state index in [4.69, 9.17) is 4.98 Å². The van der Waals surface area contributed by atoms with Gasteiger partial charge >= 0.3 is 0 Å². The first-order valence-corrected chi connectivity index (χ1v) is 15.2. The number of hydrogen-bond acceptors (Lipinski definition) is 8. The molecule has 6 rings (SSSR count). The Kier molecular flexibility index (Phi) is 8.55. The van der Waals surface area contributed by atoms with Crippen LogP contribution >= 0.6 is 11.3 Å². The van der Waals surface area contributed by atoms with Crippen LogP contribution in [0.4, 0.5) is 0 Å². The van der Waals surface area contributed by atoms with Gasteiger partial charge in [-0.3, -0.25) is 14.7 Å². The Morgan fingerprint density at radius 1 is 0.881 bits per heavy atom. The SMILES string of the molecule is Cc1ccc(CC(=O)c2ccc(CN3CCN(C)CC3)cc2)cc1Cc1nccc(-c2cncc(-c3nccs3)c2)n1. The minimum Gasteiger partial charge on any atom is -0.304 e. The monoisotopic (exact) mass is 574 g/mol. The number of Topliss-reactive ketones (excluding diaryl/α,β-unsaturated/α-hetero) is 1. The number of rotatable bonds is 9. The highest BCUT2D eigenvalue weighted by Crippen LogP contribution is 2.26. The molecule has 2 aromatic carbocycles. The van der Waals surface area contributed by atoms with Gasteiger partial charge in [-0.25, -0.2) is 15.0 Å². The van der Waals surface area contributed by atoms with Crippen LogP contribution in [-0.2, 0) is 19.4 Å². The van der Waals surface area contributed by atoms with E-state index in [1.54, 1.807) is 23.7 Å². The van der Waals surface area contributed by atoms with E-state index in [-0.39, 0.29) is 5.78 Å². The van der Waals surface area contributed by atoms with E-state index in [0.29, 0.717) is 12.8 Å². The number of ketones is 1. The molecule has 0 aliphatic carbocycles. The van der Waals surface area contributed by atoms with E-state index in [1.807, 2.05) is 42.0 Å². The number of carbonyl (C=O) groups is 1. The largest absolute Gasteiger partial charge is 0.304 e. The summed E-state index contributed by atoms with van der Waals surface area (Å²) in [5.74, 6) is 0.858. The lowest BCUT2D eigenvalue weighted by Gasteiger charge is -2.32. The minimum absolute atomic E-state index is 0.127. The summed E-state index contributed by atoms with van der Waals surface area (Å²) in [4.78, 5) is 36.2. The van der Waals surface area contributed by atoms with Crippen molar-refractivity contribution in [3.05, 3.63) is 118 Å². The lowest BCUT2D eigenvalue weighted by atomic mass is 9.97. The number of nitrogens with zero attached hydrogens (tertiary/aromatic N) is 6. The van der Waals surface area contributed by atoms with Crippen LogP contribution in [0.1, 0.15) is 38.4 Å². The van der Waals surface area contributed by atoms with Crippen molar-refractivity contribution in [2.24, 2.45) is 0 Å². The molecule has 1 aliphatic rings. The molecule has 0 unspecified atom stereocenters. The smallest absolute Gasteiger partial charge is 0.167 e. The van der Waals surface area contributed by atoms with E-state index < -0.39 is 0 Å². The molecule has 0 spiro atoms. The summed E-state index contributed by atoms with van der Waals surface area (Å²) in [5.41, 5.74) is 8.00. The summed E-state index contributed by atoms with van der Waals surface area (Å²) in [7, 11) is 2.17. The van der Waals surface area contributed by atoms with E-state index in [9.17, 15) is 4.79 Å². The van der Waals surface area contributed by atoms with Crippen molar-refractivity contribution in [2.75, 3.05) is 33.2 Å². The van der Waals surface area contributed by atoms with Crippen molar-refractivity contribution < 1.29 is 4.79 Å². The predicted molar refractivity (Wildman–Crippen MR) is 168 cm³/mol. The Hall–Kier alpha value is -4.11. The van der Waals surface area contributed by atoms with Gasteiger partial charge in [-0.1, -0.05) is 42.5 Å². The van der Waals surface area contributed by atoms with Crippen molar-refractivity contribution in [2.45, 2.75) is 26.3 Å². The van der Waals surface area contributed by atoms with E-state index in [0.717, 1.165) is 82.6 Å². The summed E-state index contributed by atoms with van der Waals surface area (Å²) >= 11 is 1.59. The van der Waals surface area contributed by atoms with Gasteiger partial charge in [-0.15, -0.1) is 11.3 Å². The first kappa shape index (κ1) is 28.0. The first-order chi connectivity index (χ1) is 20.5. The van der Waals surface area contributed by atoms with E-state index in [1.165, 1.54) is 5.56 Å². The van der Waals surface area contributed by atoms with Gasteiger partial charge in [-0.05, 0) is 48.4 Å². The number of pyridine rings is 1. The third kappa shape index (κ3) is 6.85. The van der Waals surface area contributed by atoms with Crippen molar-refractivity contribution in [1.82, 2.24) is 29.7 Å². The van der Waals surface area contributed by atoms with Gasteiger partial charge in [-0.2, -0.15) is 0 Å². The minimum atomic E-state index is 0.127. The number of carbonyl (C=O) groups excluding carboxylic acids is 1. The highest BCUT2D eigenvalue weighted by atomic mass is 32.1. The normalized spacial score (nSPS) is 14.2. The van der Waals surface area contributed by atoms with Crippen LogP contribution in [0.5, 0.6) is 0 Å². The van der Waals surface area contributed by atoms with Crippen LogP contribution in [-0.4, -0.2) is 68.7 Å². The Labute approximate surface area is 251 Å². The molecule has 5 aromatic rings. The molecule has 1 aliphatic heterocycles. The lowest BCUT2D eigenvalue weighted by molar-refractivity contribution is 0.0993. The summed E-state index contributed by atoms with van der Waals surface area (Å²) in [6, 6.07) is 18.4. The quantitative estimate of drug-likeness (QED) is 0.208. The van der Waals surface area contributed by atoms with Crippen LogP contribution in [0.15, 0.2) is 84.8 Å². The third-order valence-corrected chi connectivity index (χ3v) is 8.65. The topological polar surface area (TPSA) is 75.1 Å². The molecule has 0 saturated carbocycles. The second-order valence-corrected chi connectivity index (χ2v) is 11.9. The second kappa shape index (κ2) is 12.8.